The summed E-state index contributed by atoms with van der Waals surface area (Å²) in [4.78, 5) is 11.1. The molecule has 4 rings (SSSR count). The fraction of sp³-hybridized carbons (Fsp3) is 0.611. The van der Waals surface area contributed by atoms with Crippen molar-refractivity contribution in [3.8, 4) is 0 Å². The van der Waals surface area contributed by atoms with E-state index < -0.39 is 0 Å². The van der Waals surface area contributed by atoms with Gasteiger partial charge in [0.05, 0.1) is 12.3 Å². The van der Waals surface area contributed by atoms with Gasteiger partial charge in [-0.1, -0.05) is 12.8 Å². The predicted molar refractivity (Wildman–Crippen MR) is 93.9 cm³/mol. The first-order valence-electron chi connectivity index (χ1n) is 8.87. The molecule has 0 aromatic carbocycles. The van der Waals surface area contributed by atoms with E-state index in [1.807, 2.05) is 17.4 Å². The smallest absolute Gasteiger partial charge is 0.185 e. The number of furan rings is 1. The van der Waals surface area contributed by atoms with E-state index >= 15 is 0 Å². The number of rotatable bonds is 4. The third-order valence-electron chi connectivity index (χ3n) is 5.01. The molecule has 2 aliphatic rings. The lowest BCUT2D eigenvalue weighted by molar-refractivity contribution is 0.171. The maximum atomic E-state index is 5.72. The predicted octanol–water partition coefficient (Wildman–Crippen LogP) is 4.45. The van der Waals surface area contributed by atoms with Gasteiger partial charge in [0.15, 0.2) is 5.13 Å². The quantitative estimate of drug-likeness (QED) is 0.828. The van der Waals surface area contributed by atoms with Gasteiger partial charge in [0.1, 0.15) is 5.76 Å². The van der Waals surface area contributed by atoms with Crippen LogP contribution >= 0.6 is 11.3 Å². The minimum absolute atomic E-state index is 0.421. The van der Waals surface area contributed by atoms with Crippen LogP contribution in [0, 0.1) is 0 Å². The SMILES string of the molecule is c1coc([C@@H]2CCCCCN2Cc2cnc(N3CCCC3)s2)c1. The number of thiazole rings is 1. The van der Waals surface area contributed by atoms with Crippen LogP contribution in [0.15, 0.2) is 29.0 Å². The lowest BCUT2D eigenvalue weighted by Crippen LogP contribution is -2.27. The highest BCUT2D eigenvalue weighted by molar-refractivity contribution is 7.15. The van der Waals surface area contributed by atoms with Crippen molar-refractivity contribution in [1.82, 2.24) is 9.88 Å². The Morgan fingerprint density at radius 2 is 2.00 bits per heavy atom. The summed E-state index contributed by atoms with van der Waals surface area (Å²) in [5.74, 6) is 1.12. The van der Waals surface area contributed by atoms with Gasteiger partial charge < -0.3 is 9.32 Å². The zero-order valence-corrected chi connectivity index (χ0v) is 14.4. The summed E-state index contributed by atoms with van der Waals surface area (Å²) in [7, 11) is 0. The minimum Gasteiger partial charge on any atom is -0.468 e. The molecule has 5 heteroatoms. The Morgan fingerprint density at radius 1 is 1.13 bits per heavy atom. The van der Waals surface area contributed by atoms with Gasteiger partial charge >= 0.3 is 0 Å². The van der Waals surface area contributed by atoms with E-state index in [2.05, 4.69) is 27.0 Å². The number of anilines is 1. The second-order valence-corrected chi connectivity index (χ2v) is 7.75. The van der Waals surface area contributed by atoms with E-state index in [-0.39, 0.29) is 0 Å². The highest BCUT2D eigenvalue weighted by Gasteiger charge is 2.25. The summed E-state index contributed by atoms with van der Waals surface area (Å²) in [6, 6.07) is 4.56. The molecule has 0 radical (unpaired) electrons. The number of likely N-dealkylation sites (tertiary alicyclic amines) is 1. The van der Waals surface area contributed by atoms with Gasteiger partial charge in [0, 0.05) is 30.7 Å². The van der Waals surface area contributed by atoms with Crippen molar-refractivity contribution in [2.75, 3.05) is 24.5 Å². The summed E-state index contributed by atoms with van der Waals surface area (Å²) in [6.07, 6.45) is 11.6. The summed E-state index contributed by atoms with van der Waals surface area (Å²) >= 11 is 1.87. The molecule has 4 nitrogen and oxygen atoms in total. The fourth-order valence-corrected chi connectivity index (χ4v) is 4.77. The Morgan fingerprint density at radius 3 is 2.83 bits per heavy atom. The van der Waals surface area contributed by atoms with E-state index in [1.165, 1.54) is 61.6 Å². The normalized spacial score (nSPS) is 23.3. The maximum Gasteiger partial charge on any atom is 0.185 e. The van der Waals surface area contributed by atoms with Gasteiger partial charge in [-0.05, 0) is 44.4 Å². The second kappa shape index (κ2) is 7.05. The molecule has 0 saturated carbocycles. The molecule has 0 spiro atoms. The molecule has 124 valence electrons. The minimum atomic E-state index is 0.421. The second-order valence-electron chi connectivity index (χ2n) is 6.65. The van der Waals surface area contributed by atoms with Crippen molar-refractivity contribution in [1.29, 1.82) is 0 Å². The van der Waals surface area contributed by atoms with Crippen LogP contribution in [0.5, 0.6) is 0 Å². The van der Waals surface area contributed by atoms with Gasteiger partial charge in [0.25, 0.3) is 0 Å². The molecule has 2 fully saturated rings. The molecule has 4 heterocycles. The average Bonchev–Trinajstić information content (AvgIpc) is 3.29. The van der Waals surface area contributed by atoms with E-state index in [0.29, 0.717) is 6.04 Å². The van der Waals surface area contributed by atoms with Gasteiger partial charge in [-0.25, -0.2) is 4.98 Å². The lowest BCUT2D eigenvalue weighted by Gasteiger charge is -2.27. The van der Waals surface area contributed by atoms with E-state index in [1.54, 1.807) is 6.26 Å². The van der Waals surface area contributed by atoms with Crippen molar-refractivity contribution in [3.63, 3.8) is 0 Å². The summed E-state index contributed by atoms with van der Waals surface area (Å²) < 4.78 is 5.72. The number of nitrogens with zero attached hydrogens (tertiary/aromatic N) is 3. The Balaban J connectivity index is 1.48. The van der Waals surface area contributed by atoms with Crippen LogP contribution in [0.4, 0.5) is 5.13 Å². The van der Waals surface area contributed by atoms with Crippen molar-refractivity contribution in [2.24, 2.45) is 0 Å². The van der Waals surface area contributed by atoms with Crippen LogP contribution in [0.3, 0.4) is 0 Å². The summed E-state index contributed by atoms with van der Waals surface area (Å²) in [5, 5.41) is 1.21. The van der Waals surface area contributed by atoms with Crippen LogP contribution in [0.2, 0.25) is 0 Å². The van der Waals surface area contributed by atoms with Crippen molar-refractivity contribution in [2.45, 2.75) is 51.1 Å². The maximum absolute atomic E-state index is 5.72. The molecule has 2 saturated heterocycles. The number of hydrogen-bond acceptors (Lipinski definition) is 5. The summed E-state index contributed by atoms with van der Waals surface area (Å²) in [5.41, 5.74) is 0. The molecule has 0 amide bonds. The van der Waals surface area contributed by atoms with Crippen molar-refractivity contribution >= 4 is 16.5 Å². The van der Waals surface area contributed by atoms with E-state index in [9.17, 15) is 0 Å². The molecule has 0 aliphatic carbocycles. The first-order valence-corrected chi connectivity index (χ1v) is 9.69. The third kappa shape index (κ3) is 3.45. The van der Waals surface area contributed by atoms with Crippen molar-refractivity contribution in [3.05, 3.63) is 35.2 Å². The van der Waals surface area contributed by atoms with Crippen LogP contribution < -0.4 is 4.90 Å². The Hall–Kier alpha value is -1.33. The molecule has 2 aliphatic heterocycles. The van der Waals surface area contributed by atoms with Crippen LogP contribution in [-0.4, -0.2) is 29.5 Å². The molecular weight excluding hydrogens is 306 g/mol. The molecule has 0 unspecified atom stereocenters. The van der Waals surface area contributed by atoms with E-state index in [0.717, 1.165) is 18.8 Å². The standard InChI is InChI=1S/C18H25N3OS/c1-2-7-16(17-8-6-12-22-17)21(11-3-1)14-15-13-19-18(23-15)20-9-4-5-10-20/h6,8,12-13,16H,1-5,7,9-11,14H2/t16-/m0/s1. The van der Waals surface area contributed by atoms with Crippen LogP contribution in [0.25, 0.3) is 0 Å². The Labute approximate surface area is 142 Å². The monoisotopic (exact) mass is 331 g/mol. The highest BCUT2D eigenvalue weighted by atomic mass is 32.1. The molecule has 2 aromatic heterocycles. The lowest BCUT2D eigenvalue weighted by atomic mass is 10.1. The molecule has 0 N–H and O–H groups in total. The third-order valence-corrected chi connectivity index (χ3v) is 6.06. The molecule has 2 aromatic rings. The summed E-state index contributed by atoms with van der Waals surface area (Å²) in [6.45, 7) is 4.50. The first-order chi connectivity index (χ1) is 11.4. The van der Waals surface area contributed by atoms with Crippen LogP contribution in [0.1, 0.15) is 55.2 Å². The topological polar surface area (TPSA) is 32.5 Å². The van der Waals surface area contributed by atoms with E-state index in [4.69, 9.17) is 4.42 Å². The zero-order valence-electron chi connectivity index (χ0n) is 13.6. The Bertz CT molecular complexity index is 604. The largest absolute Gasteiger partial charge is 0.468 e. The number of aromatic nitrogens is 1. The fourth-order valence-electron chi connectivity index (χ4n) is 3.79. The van der Waals surface area contributed by atoms with Gasteiger partial charge in [-0.3, -0.25) is 4.90 Å². The molecule has 23 heavy (non-hydrogen) atoms. The Kier molecular flexibility index (Phi) is 4.67. The van der Waals surface area contributed by atoms with Gasteiger partial charge in [0.2, 0.25) is 0 Å². The van der Waals surface area contributed by atoms with Gasteiger partial charge in [-0.2, -0.15) is 0 Å². The first kappa shape index (κ1) is 15.2. The molecule has 1 atom stereocenters. The van der Waals surface area contributed by atoms with Gasteiger partial charge in [-0.15, -0.1) is 11.3 Å². The zero-order chi connectivity index (χ0) is 15.5. The molecule has 0 bridgehead atoms. The number of hydrogen-bond donors (Lipinski definition) is 0. The van der Waals surface area contributed by atoms with Crippen LogP contribution in [-0.2, 0) is 6.54 Å². The van der Waals surface area contributed by atoms with Crippen molar-refractivity contribution < 1.29 is 4.42 Å². The highest BCUT2D eigenvalue weighted by Crippen LogP contribution is 2.33. The molecular formula is C18H25N3OS. The average molecular weight is 331 g/mol.